The molecule has 1 unspecified atom stereocenters. The Labute approximate surface area is 279 Å². The number of carboxylic acids is 1. The van der Waals surface area contributed by atoms with Crippen molar-refractivity contribution in [2.45, 2.75) is 60.5 Å². The van der Waals surface area contributed by atoms with Gasteiger partial charge in [0.2, 0.25) is 0 Å². The molecule has 1 aromatic heterocycles. The monoisotopic (exact) mass is 675 g/mol. The zero-order chi connectivity index (χ0) is 33.5. The minimum Gasteiger partial charge on any atom is -0.545 e. The maximum atomic E-state index is 13.2. The Morgan fingerprint density at radius 2 is 1.62 bits per heavy atom. The van der Waals surface area contributed by atoms with E-state index in [2.05, 4.69) is 21.8 Å². The first-order chi connectivity index (χ1) is 22.7. The molecular weight excluding hydrogens is 637 g/mol. The first-order valence-corrected chi connectivity index (χ1v) is 18.2. The number of carbonyl (C=O) groups is 1. The van der Waals surface area contributed by atoms with E-state index in [1.165, 1.54) is 29.8 Å². The molecule has 4 aromatic rings. The van der Waals surface area contributed by atoms with Crippen LogP contribution in [0, 0.1) is 0 Å². The molecule has 0 aliphatic rings. The third-order valence-electron chi connectivity index (χ3n) is 7.28. The molecule has 3 aromatic carbocycles. The van der Waals surface area contributed by atoms with Crippen LogP contribution in [-0.2, 0) is 37.8 Å². The fraction of sp³-hybridized carbons (Fsp3) is 0.278. The number of nitrogens with one attached hydrogen (secondary N) is 1. The third kappa shape index (κ3) is 11.7. The average molecular weight is 676 g/mol. The summed E-state index contributed by atoms with van der Waals surface area (Å²) in [5.74, 6) is -0.0455. The van der Waals surface area contributed by atoms with Gasteiger partial charge in [0.1, 0.15) is 17.2 Å². The minimum absolute atomic E-state index is 0.0276. The molecule has 1 heterocycles. The zero-order valence-electron chi connectivity index (χ0n) is 26.3. The van der Waals surface area contributed by atoms with Crippen molar-refractivity contribution < 1.29 is 32.0 Å². The summed E-state index contributed by atoms with van der Waals surface area (Å²) in [5, 5.41) is 11.1. The molecule has 47 heavy (non-hydrogen) atoms. The molecule has 0 saturated heterocycles. The van der Waals surface area contributed by atoms with Crippen LogP contribution in [0.15, 0.2) is 107 Å². The summed E-state index contributed by atoms with van der Waals surface area (Å²) in [6, 6.07) is 25.9. The van der Waals surface area contributed by atoms with Crippen LogP contribution < -0.4 is 19.3 Å². The topological polar surface area (TPSA) is 135 Å². The molecule has 1 atom stereocenters. The highest BCUT2D eigenvalue weighted by Crippen LogP contribution is 2.23. The molecule has 0 fully saturated rings. The number of carbonyl (C=O) groups excluding carboxylic acids is 1. The number of benzene rings is 3. The fourth-order valence-corrected chi connectivity index (χ4v) is 6.97. The van der Waals surface area contributed by atoms with E-state index >= 15 is 0 Å². The second-order valence-electron chi connectivity index (χ2n) is 10.8. The quantitative estimate of drug-likeness (QED) is 0.0956. The lowest BCUT2D eigenvalue weighted by atomic mass is 10.0. The van der Waals surface area contributed by atoms with Crippen molar-refractivity contribution in [1.29, 1.82) is 0 Å². The Morgan fingerprint density at radius 3 is 2.34 bits per heavy atom. The van der Waals surface area contributed by atoms with Crippen molar-refractivity contribution in [3.8, 4) is 11.5 Å². The SMILES string of the molecule is COc1ccc(CCCCCCCCOc2ccc(CS(=O)c3cccc(NS(=O)(=O)c4ccccc4)c3)nc2/C=C/C(=O)[O-])cc1. The van der Waals surface area contributed by atoms with Gasteiger partial charge < -0.3 is 19.4 Å². The van der Waals surface area contributed by atoms with E-state index in [1.807, 2.05) is 12.1 Å². The van der Waals surface area contributed by atoms with Crippen molar-refractivity contribution >= 4 is 38.6 Å². The Kier molecular flexibility index (Phi) is 13.6. The normalized spacial score (nSPS) is 12.1. The van der Waals surface area contributed by atoms with Crippen LogP contribution in [0.1, 0.15) is 55.5 Å². The molecule has 4 rings (SSSR count). The number of hydrogen-bond acceptors (Lipinski definition) is 8. The highest BCUT2D eigenvalue weighted by molar-refractivity contribution is 7.92. The molecule has 0 aliphatic heterocycles. The first-order valence-electron chi connectivity index (χ1n) is 15.4. The van der Waals surface area contributed by atoms with Crippen molar-refractivity contribution in [1.82, 2.24) is 4.98 Å². The summed E-state index contributed by atoms with van der Waals surface area (Å²) in [4.78, 5) is 16.1. The third-order valence-corrected chi connectivity index (χ3v) is 10.0. The molecule has 11 heteroatoms. The lowest BCUT2D eigenvalue weighted by molar-refractivity contribution is -0.297. The number of aryl methyl sites for hydroxylation is 1. The number of nitrogens with zero attached hydrogens (tertiary/aromatic N) is 1. The molecule has 0 spiro atoms. The summed E-state index contributed by atoms with van der Waals surface area (Å²) in [5.41, 5.74) is 2.35. The van der Waals surface area contributed by atoms with Gasteiger partial charge in [0.05, 0.1) is 52.5 Å². The van der Waals surface area contributed by atoms with Gasteiger partial charge in [0, 0.05) is 4.90 Å². The largest absolute Gasteiger partial charge is 0.545 e. The van der Waals surface area contributed by atoms with E-state index < -0.39 is 26.8 Å². The van der Waals surface area contributed by atoms with Gasteiger partial charge in [-0.1, -0.05) is 62.1 Å². The van der Waals surface area contributed by atoms with Crippen LogP contribution in [0.2, 0.25) is 0 Å². The average Bonchev–Trinajstić information content (AvgIpc) is 3.07. The summed E-state index contributed by atoms with van der Waals surface area (Å²) in [6.07, 6.45) is 9.63. The number of unbranched alkanes of at least 4 members (excludes halogenated alkanes) is 5. The summed E-state index contributed by atoms with van der Waals surface area (Å²) in [6.45, 7) is 0.455. The zero-order valence-corrected chi connectivity index (χ0v) is 27.9. The molecule has 248 valence electrons. The van der Waals surface area contributed by atoms with E-state index in [0.717, 1.165) is 56.8 Å². The Hall–Kier alpha value is -4.48. The molecule has 0 amide bonds. The molecule has 0 saturated carbocycles. The number of pyridine rings is 1. The Bertz CT molecular complexity index is 1760. The molecule has 0 radical (unpaired) electrons. The van der Waals surface area contributed by atoms with E-state index in [4.69, 9.17) is 9.47 Å². The van der Waals surface area contributed by atoms with Crippen LogP contribution in [0.5, 0.6) is 11.5 Å². The number of aromatic nitrogens is 1. The first kappa shape index (κ1) is 35.4. The van der Waals surface area contributed by atoms with Crippen molar-refractivity contribution in [2.75, 3.05) is 18.4 Å². The van der Waals surface area contributed by atoms with Gasteiger partial charge in [0.25, 0.3) is 10.0 Å². The van der Waals surface area contributed by atoms with Crippen LogP contribution in [0.25, 0.3) is 6.08 Å². The lowest BCUT2D eigenvalue weighted by Crippen LogP contribution is -2.18. The fourth-order valence-electron chi connectivity index (χ4n) is 4.82. The van der Waals surface area contributed by atoms with Crippen molar-refractivity contribution in [3.05, 3.63) is 114 Å². The predicted octanol–water partition coefficient (Wildman–Crippen LogP) is 5.92. The second kappa shape index (κ2) is 18.0. The van der Waals surface area contributed by atoms with Crippen LogP contribution >= 0.6 is 0 Å². The van der Waals surface area contributed by atoms with E-state index in [1.54, 1.807) is 55.6 Å². The number of ether oxygens (including phenoxy) is 2. The number of carboxylic acid groups (broad SMARTS) is 1. The number of aliphatic carboxylic acids is 1. The Morgan fingerprint density at radius 1 is 0.894 bits per heavy atom. The standard InChI is InChI=1S/C36H40N2O7S2/c1-44-31-20-17-28(18-21-31)12-7-4-2-3-5-10-25-45-35-23-19-30(37-34(35)22-24-36(39)40)27-46(41)32-14-11-13-29(26-32)38-47(42,43)33-15-8-6-9-16-33/h6,8-9,11,13-24,26,38H,2-5,7,10,12,25,27H2,1H3,(H,39,40)/p-1/b24-22+. The molecule has 0 aliphatic carbocycles. The van der Waals surface area contributed by atoms with Crippen LogP contribution in [-0.4, -0.2) is 37.3 Å². The highest BCUT2D eigenvalue weighted by Gasteiger charge is 2.15. The number of rotatable bonds is 19. The van der Waals surface area contributed by atoms with Crippen molar-refractivity contribution in [3.63, 3.8) is 0 Å². The Balaban J connectivity index is 1.27. The summed E-state index contributed by atoms with van der Waals surface area (Å²) >= 11 is 0. The number of hydrogen-bond donors (Lipinski definition) is 1. The van der Waals surface area contributed by atoms with Gasteiger partial charge >= 0.3 is 0 Å². The maximum absolute atomic E-state index is 13.2. The second-order valence-corrected chi connectivity index (χ2v) is 14.0. The van der Waals surface area contributed by atoms with Crippen LogP contribution in [0.4, 0.5) is 5.69 Å². The predicted molar refractivity (Wildman–Crippen MR) is 182 cm³/mol. The molecule has 1 N–H and O–H groups in total. The maximum Gasteiger partial charge on any atom is 0.261 e. The van der Waals surface area contributed by atoms with E-state index in [-0.39, 0.29) is 16.3 Å². The highest BCUT2D eigenvalue weighted by atomic mass is 32.2. The van der Waals surface area contributed by atoms with Crippen molar-refractivity contribution in [2.24, 2.45) is 0 Å². The number of sulfonamides is 1. The van der Waals surface area contributed by atoms with Gasteiger partial charge in [-0.2, -0.15) is 0 Å². The van der Waals surface area contributed by atoms with E-state index in [9.17, 15) is 22.5 Å². The summed E-state index contributed by atoms with van der Waals surface area (Å²) < 4.78 is 52.3. The molecule has 0 bridgehead atoms. The van der Waals surface area contributed by atoms with Gasteiger partial charge in [-0.25, -0.2) is 13.4 Å². The van der Waals surface area contributed by atoms with E-state index in [0.29, 0.717) is 28.6 Å². The van der Waals surface area contributed by atoms with Gasteiger partial charge in [-0.15, -0.1) is 0 Å². The summed E-state index contributed by atoms with van der Waals surface area (Å²) in [7, 11) is -3.70. The smallest absolute Gasteiger partial charge is 0.261 e. The number of methoxy groups -OCH3 is 1. The van der Waals surface area contributed by atoms with Gasteiger partial charge in [0.15, 0.2) is 0 Å². The number of anilines is 1. The molecular formula is C36H39N2O7S2-. The lowest BCUT2D eigenvalue weighted by Gasteiger charge is -2.12. The minimum atomic E-state index is -3.81. The molecule has 9 nitrogen and oxygen atoms in total. The van der Waals surface area contributed by atoms with Crippen LogP contribution in [0.3, 0.4) is 0 Å². The van der Waals surface area contributed by atoms with Gasteiger partial charge in [-0.05, 0) is 91.6 Å². The van der Waals surface area contributed by atoms with Gasteiger partial charge in [-0.3, -0.25) is 8.93 Å².